The van der Waals surface area contributed by atoms with E-state index in [2.05, 4.69) is 11.1 Å². The van der Waals surface area contributed by atoms with Crippen molar-refractivity contribution in [2.75, 3.05) is 7.11 Å². The summed E-state index contributed by atoms with van der Waals surface area (Å²) in [6.45, 7) is 4.45. The standard InChI is InChI=1S/C22H21NO3/c1-15-9-16(2)11-18(10-15)20-12-19(22(24)25-3)13-21(23-20)26-14-17-7-5-4-6-8-17/h4-13H,14H2,1-3H3. The Labute approximate surface area is 153 Å². The lowest BCUT2D eigenvalue weighted by Crippen LogP contribution is -2.05. The van der Waals surface area contributed by atoms with Gasteiger partial charge in [-0.15, -0.1) is 0 Å². The Morgan fingerprint density at radius 1 is 0.962 bits per heavy atom. The number of rotatable bonds is 5. The van der Waals surface area contributed by atoms with Crippen LogP contribution in [0.2, 0.25) is 0 Å². The van der Waals surface area contributed by atoms with Crippen LogP contribution in [0.3, 0.4) is 0 Å². The summed E-state index contributed by atoms with van der Waals surface area (Å²) in [7, 11) is 1.36. The van der Waals surface area contributed by atoms with Crippen molar-refractivity contribution >= 4 is 5.97 Å². The Kier molecular flexibility index (Phi) is 5.32. The summed E-state index contributed by atoms with van der Waals surface area (Å²) in [5.74, 6) is -0.0199. The molecule has 0 saturated carbocycles. The third-order valence-corrected chi connectivity index (χ3v) is 3.97. The molecule has 0 amide bonds. The number of benzene rings is 2. The molecule has 3 rings (SSSR count). The van der Waals surface area contributed by atoms with E-state index in [1.807, 2.05) is 56.3 Å². The summed E-state index contributed by atoms with van der Waals surface area (Å²) in [6, 6.07) is 19.4. The number of aromatic nitrogens is 1. The summed E-state index contributed by atoms with van der Waals surface area (Å²) in [5.41, 5.74) is 5.35. The molecule has 0 spiro atoms. The van der Waals surface area contributed by atoms with Crippen molar-refractivity contribution in [3.05, 3.63) is 82.9 Å². The van der Waals surface area contributed by atoms with Crippen LogP contribution in [0.1, 0.15) is 27.0 Å². The fourth-order valence-electron chi connectivity index (χ4n) is 2.82. The number of carbonyl (C=O) groups excluding carboxylic acids is 1. The van der Waals surface area contributed by atoms with Gasteiger partial charge in [-0.25, -0.2) is 9.78 Å². The fraction of sp³-hybridized carbons (Fsp3) is 0.182. The minimum absolute atomic E-state index is 0.380. The van der Waals surface area contributed by atoms with E-state index in [1.165, 1.54) is 7.11 Å². The zero-order valence-corrected chi connectivity index (χ0v) is 15.2. The highest BCUT2D eigenvalue weighted by Crippen LogP contribution is 2.25. The molecule has 0 saturated heterocycles. The van der Waals surface area contributed by atoms with Gasteiger partial charge in [0.2, 0.25) is 5.88 Å². The van der Waals surface area contributed by atoms with Crippen molar-refractivity contribution in [1.29, 1.82) is 0 Å². The number of ether oxygens (including phenoxy) is 2. The Morgan fingerprint density at radius 2 is 1.65 bits per heavy atom. The first-order chi connectivity index (χ1) is 12.5. The molecule has 0 aliphatic rings. The van der Waals surface area contributed by atoms with E-state index in [0.717, 1.165) is 22.3 Å². The van der Waals surface area contributed by atoms with E-state index < -0.39 is 5.97 Å². The zero-order chi connectivity index (χ0) is 18.5. The lowest BCUT2D eigenvalue weighted by Gasteiger charge is -2.11. The highest BCUT2D eigenvalue weighted by atomic mass is 16.5. The van der Waals surface area contributed by atoms with Crippen LogP contribution in [0.5, 0.6) is 5.88 Å². The predicted octanol–water partition coefficient (Wildman–Crippen LogP) is 4.73. The average molecular weight is 347 g/mol. The van der Waals surface area contributed by atoms with E-state index in [4.69, 9.17) is 9.47 Å². The van der Waals surface area contributed by atoms with Crippen LogP contribution in [-0.2, 0) is 11.3 Å². The van der Waals surface area contributed by atoms with Crippen molar-refractivity contribution in [2.24, 2.45) is 0 Å². The molecule has 0 atom stereocenters. The highest BCUT2D eigenvalue weighted by molar-refractivity contribution is 5.91. The molecule has 4 heteroatoms. The van der Waals surface area contributed by atoms with Crippen molar-refractivity contribution in [3.8, 4) is 17.1 Å². The van der Waals surface area contributed by atoms with Crippen molar-refractivity contribution in [3.63, 3.8) is 0 Å². The van der Waals surface area contributed by atoms with E-state index in [1.54, 1.807) is 12.1 Å². The second kappa shape index (κ2) is 7.83. The van der Waals surface area contributed by atoms with Crippen LogP contribution in [0.15, 0.2) is 60.7 Å². The molecule has 0 aliphatic heterocycles. The van der Waals surface area contributed by atoms with E-state index in [-0.39, 0.29) is 0 Å². The first-order valence-electron chi connectivity index (χ1n) is 8.41. The third kappa shape index (κ3) is 4.28. The Bertz CT molecular complexity index is 900. The Morgan fingerprint density at radius 3 is 2.31 bits per heavy atom. The first-order valence-corrected chi connectivity index (χ1v) is 8.41. The van der Waals surface area contributed by atoms with E-state index in [0.29, 0.717) is 23.7 Å². The van der Waals surface area contributed by atoms with Crippen LogP contribution in [0.4, 0.5) is 0 Å². The van der Waals surface area contributed by atoms with Gasteiger partial charge in [-0.05, 0) is 37.6 Å². The number of hydrogen-bond acceptors (Lipinski definition) is 4. The molecule has 0 fully saturated rings. The number of nitrogens with zero attached hydrogens (tertiary/aromatic N) is 1. The van der Waals surface area contributed by atoms with Crippen LogP contribution in [0, 0.1) is 13.8 Å². The number of hydrogen-bond donors (Lipinski definition) is 0. The molecule has 0 bridgehead atoms. The number of esters is 1. The molecule has 3 aromatic rings. The maximum atomic E-state index is 12.1. The molecule has 1 aromatic heterocycles. The second-order valence-electron chi connectivity index (χ2n) is 6.22. The zero-order valence-electron chi connectivity index (χ0n) is 15.2. The Balaban J connectivity index is 1.97. The molecule has 0 unspecified atom stereocenters. The maximum Gasteiger partial charge on any atom is 0.338 e. The number of methoxy groups -OCH3 is 1. The summed E-state index contributed by atoms with van der Waals surface area (Å²) in [4.78, 5) is 16.6. The van der Waals surface area contributed by atoms with Gasteiger partial charge in [-0.2, -0.15) is 0 Å². The van der Waals surface area contributed by atoms with Crippen molar-refractivity contribution in [1.82, 2.24) is 4.98 Å². The van der Waals surface area contributed by atoms with Crippen LogP contribution in [-0.4, -0.2) is 18.1 Å². The molecule has 0 radical (unpaired) electrons. The van der Waals surface area contributed by atoms with Gasteiger partial charge >= 0.3 is 5.97 Å². The van der Waals surface area contributed by atoms with Gasteiger partial charge in [0.25, 0.3) is 0 Å². The second-order valence-corrected chi connectivity index (χ2v) is 6.22. The van der Waals surface area contributed by atoms with Gasteiger partial charge in [0.15, 0.2) is 0 Å². The van der Waals surface area contributed by atoms with Gasteiger partial charge in [-0.1, -0.05) is 47.5 Å². The number of pyridine rings is 1. The van der Waals surface area contributed by atoms with Crippen LogP contribution >= 0.6 is 0 Å². The quantitative estimate of drug-likeness (QED) is 0.626. The van der Waals surface area contributed by atoms with Gasteiger partial charge in [-0.3, -0.25) is 0 Å². The van der Waals surface area contributed by atoms with Crippen molar-refractivity contribution < 1.29 is 14.3 Å². The summed E-state index contributed by atoms with van der Waals surface area (Å²) in [6.07, 6.45) is 0. The molecule has 4 nitrogen and oxygen atoms in total. The fourth-order valence-corrected chi connectivity index (χ4v) is 2.82. The Hall–Kier alpha value is -3.14. The SMILES string of the molecule is COC(=O)c1cc(OCc2ccccc2)nc(-c2cc(C)cc(C)c2)c1. The lowest BCUT2D eigenvalue weighted by atomic mass is 10.0. The molecular weight excluding hydrogens is 326 g/mol. The number of aryl methyl sites for hydroxylation is 2. The molecule has 1 heterocycles. The predicted molar refractivity (Wildman–Crippen MR) is 101 cm³/mol. The topological polar surface area (TPSA) is 48.4 Å². The summed E-state index contributed by atoms with van der Waals surface area (Å²) in [5, 5.41) is 0. The summed E-state index contributed by atoms with van der Waals surface area (Å²) >= 11 is 0. The average Bonchev–Trinajstić information content (AvgIpc) is 2.65. The van der Waals surface area contributed by atoms with E-state index >= 15 is 0 Å². The smallest absolute Gasteiger partial charge is 0.338 e. The molecule has 0 aliphatic carbocycles. The molecule has 0 N–H and O–H groups in total. The number of carbonyl (C=O) groups is 1. The molecule has 2 aromatic carbocycles. The molecule has 132 valence electrons. The minimum Gasteiger partial charge on any atom is -0.473 e. The van der Waals surface area contributed by atoms with Gasteiger partial charge in [0, 0.05) is 11.6 Å². The largest absolute Gasteiger partial charge is 0.473 e. The lowest BCUT2D eigenvalue weighted by molar-refractivity contribution is 0.0600. The first kappa shape index (κ1) is 17.7. The summed E-state index contributed by atoms with van der Waals surface area (Å²) < 4.78 is 10.7. The maximum absolute atomic E-state index is 12.1. The molecular formula is C22H21NO3. The van der Waals surface area contributed by atoms with Gasteiger partial charge < -0.3 is 9.47 Å². The van der Waals surface area contributed by atoms with Crippen molar-refractivity contribution in [2.45, 2.75) is 20.5 Å². The van der Waals surface area contributed by atoms with Gasteiger partial charge in [0.05, 0.1) is 18.4 Å². The monoisotopic (exact) mass is 347 g/mol. The minimum atomic E-state index is -0.414. The third-order valence-electron chi connectivity index (χ3n) is 3.97. The van der Waals surface area contributed by atoms with Gasteiger partial charge in [0.1, 0.15) is 6.61 Å². The normalized spacial score (nSPS) is 10.4. The van der Waals surface area contributed by atoms with E-state index in [9.17, 15) is 4.79 Å². The van der Waals surface area contributed by atoms with Crippen LogP contribution < -0.4 is 4.74 Å². The highest BCUT2D eigenvalue weighted by Gasteiger charge is 2.13. The van der Waals surface area contributed by atoms with Crippen LogP contribution in [0.25, 0.3) is 11.3 Å². The molecule has 26 heavy (non-hydrogen) atoms.